The summed E-state index contributed by atoms with van der Waals surface area (Å²) in [5.74, 6) is 1.52. The lowest BCUT2D eigenvalue weighted by molar-refractivity contribution is 0.321. The third-order valence-electron chi connectivity index (χ3n) is 6.31. The molecule has 4 nitrogen and oxygen atoms in total. The van der Waals surface area contributed by atoms with Gasteiger partial charge in [-0.1, -0.05) is 36.4 Å². The molecule has 0 aliphatic heterocycles. The smallest absolute Gasteiger partial charge is 0.137 e. The van der Waals surface area contributed by atoms with Crippen molar-refractivity contribution in [3.05, 3.63) is 85.0 Å². The van der Waals surface area contributed by atoms with Crippen LogP contribution in [0.3, 0.4) is 0 Å². The van der Waals surface area contributed by atoms with Gasteiger partial charge in [-0.25, -0.2) is 14.1 Å². The summed E-state index contributed by atoms with van der Waals surface area (Å²) in [4.78, 5) is 8.73. The predicted octanol–water partition coefficient (Wildman–Crippen LogP) is 5.34. The summed E-state index contributed by atoms with van der Waals surface area (Å²) in [6.07, 6.45) is 17.7. The Morgan fingerprint density at radius 2 is 2.00 bits per heavy atom. The van der Waals surface area contributed by atoms with Crippen LogP contribution in [0.25, 0.3) is 17.2 Å². The molecule has 0 spiro atoms. The molecule has 1 saturated carbocycles. The van der Waals surface area contributed by atoms with E-state index < -0.39 is 0 Å². The topological polar surface area (TPSA) is 43.6 Å². The standard InChI is InChI=1S/C24H23FN4/c25-20-6-3-5-17(12-20)19-8-9-21(27-14-19)10-11-23-22-7-2-1-4-18(22)13-24(23)29-16-26-15-28-29/h1-3,5-6,8-12,14-16,18,22-24H,4,7,13H2/b11-10+/t18-,22-,23+,24-/m1/s1. The monoisotopic (exact) mass is 386 g/mol. The highest BCUT2D eigenvalue weighted by Gasteiger charge is 2.42. The minimum absolute atomic E-state index is 0.233. The first-order valence-electron chi connectivity index (χ1n) is 10.2. The zero-order valence-electron chi connectivity index (χ0n) is 16.1. The summed E-state index contributed by atoms with van der Waals surface area (Å²) >= 11 is 0. The first kappa shape index (κ1) is 18.0. The number of benzene rings is 1. The van der Waals surface area contributed by atoms with Crippen LogP contribution < -0.4 is 0 Å². The van der Waals surface area contributed by atoms with Gasteiger partial charge in [0.2, 0.25) is 0 Å². The van der Waals surface area contributed by atoms with Crippen LogP contribution in [-0.2, 0) is 0 Å². The maximum Gasteiger partial charge on any atom is 0.137 e. The first-order valence-corrected chi connectivity index (χ1v) is 10.2. The van der Waals surface area contributed by atoms with Crippen molar-refractivity contribution in [2.45, 2.75) is 25.3 Å². The third kappa shape index (κ3) is 3.65. The van der Waals surface area contributed by atoms with Gasteiger partial charge in [0.25, 0.3) is 0 Å². The van der Waals surface area contributed by atoms with Gasteiger partial charge >= 0.3 is 0 Å². The van der Waals surface area contributed by atoms with E-state index in [1.54, 1.807) is 12.4 Å². The molecule has 29 heavy (non-hydrogen) atoms. The van der Waals surface area contributed by atoms with E-state index in [0.717, 1.165) is 36.1 Å². The highest BCUT2D eigenvalue weighted by atomic mass is 19.1. The van der Waals surface area contributed by atoms with Crippen LogP contribution in [0, 0.1) is 23.6 Å². The molecule has 4 atom stereocenters. The fourth-order valence-electron chi connectivity index (χ4n) is 4.88. The second-order valence-corrected chi connectivity index (χ2v) is 7.96. The minimum atomic E-state index is -0.233. The quantitative estimate of drug-likeness (QED) is 0.569. The van der Waals surface area contributed by atoms with Gasteiger partial charge in [-0.05, 0) is 60.9 Å². The van der Waals surface area contributed by atoms with Crippen LogP contribution >= 0.6 is 0 Å². The van der Waals surface area contributed by atoms with Gasteiger partial charge in [0.1, 0.15) is 18.5 Å². The Kier molecular flexibility index (Phi) is 4.80. The maximum absolute atomic E-state index is 13.5. The van der Waals surface area contributed by atoms with Crippen molar-refractivity contribution in [3.63, 3.8) is 0 Å². The summed E-state index contributed by atoms with van der Waals surface area (Å²) in [5, 5.41) is 4.42. The van der Waals surface area contributed by atoms with Crippen molar-refractivity contribution in [1.29, 1.82) is 0 Å². The van der Waals surface area contributed by atoms with Gasteiger partial charge in [0.05, 0.1) is 11.7 Å². The molecular formula is C24H23FN4. The Hall–Kier alpha value is -3.08. The van der Waals surface area contributed by atoms with Gasteiger partial charge in [0, 0.05) is 17.7 Å². The molecule has 1 aromatic carbocycles. The maximum atomic E-state index is 13.5. The number of rotatable bonds is 4. The van der Waals surface area contributed by atoms with Gasteiger partial charge in [-0.2, -0.15) is 5.10 Å². The molecule has 2 aliphatic carbocycles. The Morgan fingerprint density at radius 3 is 2.79 bits per heavy atom. The van der Waals surface area contributed by atoms with Crippen molar-refractivity contribution < 1.29 is 4.39 Å². The van der Waals surface area contributed by atoms with Crippen LogP contribution in [0.15, 0.2) is 73.5 Å². The molecule has 0 N–H and O–H groups in total. The molecule has 2 heterocycles. The molecule has 0 bridgehead atoms. The van der Waals surface area contributed by atoms with Gasteiger partial charge < -0.3 is 0 Å². The van der Waals surface area contributed by atoms with Crippen molar-refractivity contribution in [2.75, 3.05) is 0 Å². The zero-order chi connectivity index (χ0) is 19.6. The number of halogens is 1. The van der Waals surface area contributed by atoms with E-state index in [9.17, 15) is 4.39 Å². The van der Waals surface area contributed by atoms with Crippen LogP contribution in [0.4, 0.5) is 4.39 Å². The average molecular weight is 386 g/mol. The molecule has 5 rings (SSSR count). The number of allylic oxidation sites excluding steroid dienone is 3. The van der Waals surface area contributed by atoms with E-state index in [4.69, 9.17) is 0 Å². The molecule has 146 valence electrons. The second-order valence-electron chi connectivity index (χ2n) is 7.96. The number of nitrogens with zero attached hydrogens (tertiary/aromatic N) is 4. The third-order valence-corrected chi connectivity index (χ3v) is 6.31. The van der Waals surface area contributed by atoms with Crippen LogP contribution in [0.2, 0.25) is 0 Å². The van der Waals surface area contributed by atoms with Crippen molar-refractivity contribution in [2.24, 2.45) is 17.8 Å². The molecule has 0 amide bonds. The molecular weight excluding hydrogens is 363 g/mol. The number of hydrogen-bond donors (Lipinski definition) is 0. The van der Waals surface area contributed by atoms with E-state index in [1.807, 2.05) is 35.4 Å². The molecule has 2 aliphatic rings. The van der Waals surface area contributed by atoms with E-state index >= 15 is 0 Å². The number of pyridine rings is 1. The molecule has 3 aromatic rings. The van der Waals surface area contributed by atoms with Crippen LogP contribution in [-0.4, -0.2) is 19.7 Å². The van der Waals surface area contributed by atoms with E-state index in [0.29, 0.717) is 23.8 Å². The summed E-state index contributed by atoms with van der Waals surface area (Å²) in [7, 11) is 0. The number of aromatic nitrogens is 4. The lowest BCUT2D eigenvalue weighted by Gasteiger charge is -2.25. The Balaban J connectivity index is 1.38. The summed E-state index contributed by atoms with van der Waals surface area (Å²) in [6, 6.07) is 10.9. The fourth-order valence-corrected chi connectivity index (χ4v) is 4.88. The van der Waals surface area contributed by atoms with Crippen LogP contribution in [0.1, 0.15) is 31.0 Å². The fraction of sp³-hybridized carbons (Fsp3) is 0.292. The highest BCUT2D eigenvalue weighted by Crippen LogP contribution is 2.50. The average Bonchev–Trinajstić information content (AvgIpc) is 3.40. The number of fused-ring (bicyclic) bond motifs is 1. The molecule has 5 heteroatoms. The molecule has 0 unspecified atom stereocenters. The summed E-state index contributed by atoms with van der Waals surface area (Å²) in [5.41, 5.74) is 2.67. The predicted molar refractivity (Wildman–Crippen MR) is 111 cm³/mol. The number of hydrogen-bond acceptors (Lipinski definition) is 3. The van der Waals surface area contributed by atoms with Crippen LogP contribution in [0.5, 0.6) is 0 Å². The lowest BCUT2D eigenvalue weighted by Crippen LogP contribution is -2.19. The summed E-state index contributed by atoms with van der Waals surface area (Å²) in [6.45, 7) is 0. The molecule has 0 saturated heterocycles. The minimum Gasteiger partial charge on any atom is -0.256 e. The van der Waals surface area contributed by atoms with E-state index in [-0.39, 0.29) is 5.82 Å². The zero-order valence-corrected chi connectivity index (χ0v) is 16.1. The van der Waals surface area contributed by atoms with Crippen molar-refractivity contribution >= 4 is 6.08 Å². The molecule has 1 fully saturated rings. The lowest BCUT2D eigenvalue weighted by atomic mass is 9.81. The Labute approximate surface area is 169 Å². The normalized spacial score (nSPS) is 26.1. The molecule has 0 radical (unpaired) electrons. The van der Waals surface area contributed by atoms with Gasteiger partial charge in [-0.3, -0.25) is 4.98 Å². The SMILES string of the molecule is Fc1cccc(-c2ccc(/C=C/[C@H]3[C@@H]4CC=CC[C@@H]4C[C@H]3n3cncn3)nc2)c1. The van der Waals surface area contributed by atoms with E-state index in [1.165, 1.54) is 12.1 Å². The highest BCUT2D eigenvalue weighted by molar-refractivity contribution is 5.63. The molecule has 2 aromatic heterocycles. The van der Waals surface area contributed by atoms with Gasteiger partial charge in [-0.15, -0.1) is 0 Å². The van der Waals surface area contributed by atoms with E-state index in [2.05, 4.69) is 39.4 Å². The summed E-state index contributed by atoms with van der Waals surface area (Å²) < 4.78 is 15.5. The second kappa shape index (κ2) is 7.74. The Bertz CT molecular complexity index is 1020. The van der Waals surface area contributed by atoms with Gasteiger partial charge in [0.15, 0.2) is 0 Å². The van der Waals surface area contributed by atoms with Crippen molar-refractivity contribution in [3.8, 4) is 11.1 Å². The Morgan fingerprint density at radius 1 is 1.07 bits per heavy atom. The first-order chi connectivity index (χ1) is 14.3. The largest absolute Gasteiger partial charge is 0.256 e. The van der Waals surface area contributed by atoms with Crippen molar-refractivity contribution in [1.82, 2.24) is 19.7 Å².